The van der Waals surface area contributed by atoms with Gasteiger partial charge in [-0.05, 0) is 48.4 Å². The number of thiophene rings is 1. The van der Waals surface area contributed by atoms with Gasteiger partial charge in [-0.3, -0.25) is 4.99 Å². The molecule has 134 valence electrons. The van der Waals surface area contributed by atoms with Crippen molar-refractivity contribution in [3.05, 3.63) is 53.2 Å². The third kappa shape index (κ3) is 4.95. The van der Waals surface area contributed by atoms with Gasteiger partial charge in [0.1, 0.15) is 5.82 Å². The normalized spacial score (nSPS) is 16.1. The minimum atomic E-state index is -0.145. The second-order valence-corrected chi connectivity index (χ2v) is 7.12. The van der Waals surface area contributed by atoms with E-state index < -0.39 is 0 Å². The molecule has 1 saturated heterocycles. The summed E-state index contributed by atoms with van der Waals surface area (Å²) >= 11 is 1.80. The van der Waals surface area contributed by atoms with Crippen LogP contribution in [0.15, 0.2) is 46.8 Å². The highest BCUT2D eigenvalue weighted by atomic mass is 32.1. The molecule has 0 saturated carbocycles. The number of anilines is 1. The van der Waals surface area contributed by atoms with Gasteiger partial charge in [0.2, 0.25) is 0 Å². The average molecular weight is 361 g/mol. The van der Waals surface area contributed by atoms with Crippen molar-refractivity contribution in [2.45, 2.75) is 25.3 Å². The van der Waals surface area contributed by atoms with Crippen molar-refractivity contribution in [1.82, 2.24) is 10.6 Å². The number of benzene rings is 1. The molecule has 0 radical (unpaired) electrons. The van der Waals surface area contributed by atoms with E-state index in [4.69, 9.17) is 0 Å². The molecule has 0 aliphatic carbocycles. The minimum Gasteiger partial charge on any atom is -0.363 e. The number of piperidine rings is 1. The highest BCUT2D eigenvalue weighted by Crippen LogP contribution is 2.24. The smallest absolute Gasteiger partial charge is 0.191 e. The summed E-state index contributed by atoms with van der Waals surface area (Å²) in [5, 5.41) is 10.3. The van der Waals surface area contributed by atoms with Crippen LogP contribution in [0.4, 0.5) is 9.39 Å². The van der Waals surface area contributed by atoms with Crippen LogP contribution in [0, 0.1) is 5.82 Å². The first-order valence-corrected chi connectivity index (χ1v) is 9.63. The maximum Gasteiger partial charge on any atom is 0.191 e. The number of nitrogens with one attached hydrogen (secondary N) is 2. The quantitative estimate of drug-likeness (QED) is 0.635. The minimum absolute atomic E-state index is 0.145. The van der Waals surface area contributed by atoms with E-state index >= 15 is 0 Å². The van der Waals surface area contributed by atoms with E-state index in [0.29, 0.717) is 19.0 Å². The van der Waals surface area contributed by atoms with E-state index in [0.717, 1.165) is 37.5 Å². The van der Waals surface area contributed by atoms with Crippen LogP contribution in [-0.2, 0) is 6.42 Å². The Labute approximate surface area is 152 Å². The molecule has 3 rings (SSSR count). The van der Waals surface area contributed by atoms with Crippen LogP contribution in [0.3, 0.4) is 0 Å². The molecule has 2 aromatic rings. The van der Waals surface area contributed by atoms with Crippen LogP contribution in [-0.4, -0.2) is 38.7 Å². The van der Waals surface area contributed by atoms with E-state index in [1.807, 2.05) is 12.1 Å². The van der Waals surface area contributed by atoms with E-state index in [1.54, 1.807) is 24.5 Å². The van der Waals surface area contributed by atoms with Crippen LogP contribution in [0.2, 0.25) is 0 Å². The lowest BCUT2D eigenvalue weighted by molar-refractivity contribution is 0.463. The SMILES string of the molecule is CN=C(NCCc1ccccc1F)NC1CCN(c2cccs2)CC1. The highest BCUT2D eigenvalue weighted by molar-refractivity contribution is 7.14. The Morgan fingerprint density at radius 2 is 2.04 bits per heavy atom. The number of hydrogen-bond acceptors (Lipinski definition) is 3. The maximum absolute atomic E-state index is 13.6. The van der Waals surface area contributed by atoms with Gasteiger partial charge in [-0.25, -0.2) is 4.39 Å². The van der Waals surface area contributed by atoms with E-state index in [9.17, 15) is 4.39 Å². The topological polar surface area (TPSA) is 39.7 Å². The fourth-order valence-corrected chi connectivity index (χ4v) is 3.88. The fourth-order valence-electron chi connectivity index (χ4n) is 3.10. The standard InChI is InChI=1S/C19H25FN4S/c1-21-19(22-11-8-15-5-2-3-6-17(15)20)23-16-9-12-24(13-10-16)18-7-4-14-25-18/h2-7,14,16H,8-13H2,1H3,(H2,21,22,23). The zero-order valence-electron chi connectivity index (χ0n) is 14.5. The summed E-state index contributed by atoms with van der Waals surface area (Å²) in [6, 6.07) is 11.6. The second kappa shape index (κ2) is 8.85. The monoisotopic (exact) mass is 360 g/mol. The summed E-state index contributed by atoms with van der Waals surface area (Å²) in [7, 11) is 1.78. The average Bonchev–Trinajstić information content (AvgIpc) is 3.17. The molecule has 1 aromatic carbocycles. The Hall–Kier alpha value is -2.08. The van der Waals surface area contributed by atoms with E-state index in [2.05, 4.69) is 38.0 Å². The van der Waals surface area contributed by atoms with Gasteiger partial charge in [-0.1, -0.05) is 18.2 Å². The molecule has 1 aliphatic rings. The molecule has 1 aliphatic heterocycles. The third-order valence-corrected chi connectivity index (χ3v) is 5.45. The summed E-state index contributed by atoms with van der Waals surface area (Å²) in [6.45, 7) is 2.78. The lowest BCUT2D eigenvalue weighted by atomic mass is 10.1. The van der Waals surface area contributed by atoms with Crippen molar-refractivity contribution in [1.29, 1.82) is 0 Å². The second-order valence-electron chi connectivity index (χ2n) is 6.20. The molecule has 2 N–H and O–H groups in total. The largest absolute Gasteiger partial charge is 0.363 e. The zero-order chi connectivity index (χ0) is 17.5. The molecule has 0 amide bonds. The molecule has 0 atom stereocenters. The van der Waals surface area contributed by atoms with Gasteiger partial charge in [0.05, 0.1) is 5.00 Å². The summed E-state index contributed by atoms with van der Waals surface area (Å²) in [5.41, 5.74) is 0.731. The summed E-state index contributed by atoms with van der Waals surface area (Å²) in [4.78, 5) is 6.74. The number of guanidine groups is 1. The molecule has 6 heteroatoms. The molecule has 25 heavy (non-hydrogen) atoms. The Morgan fingerprint density at radius 3 is 2.72 bits per heavy atom. The van der Waals surface area contributed by atoms with Gasteiger partial charge < -0.3 is 15.5 Å². The number of nitrogens with zero attached hydrogens (tertiary/aromatic N) is 2. The van der Waals surface area contributed by atoms with Crippen molar-refractivity contribution < 1.29 is 4.39 Å². The van der Waals surface area contributed by atoms with Crippen LogP contribution < -0.4 is 15.5 Å². The number of aliphatic imine (C=N–C) groups is 1. The van der Waals surface area contributed by atoms with Gasteiger partial charge in [0, 0.05) is 32.7 Å². The van der Waals surface area contributed by atoms with E-state index in [-0.39, 0.29) is 5.82 Å². The molecule has 0 unspecified atom stereocenters. The molecular formula is C19H25FN4S. The first kappa shape index (κ1) is 17.7. The predicted molar refractivity (Wildman–Crippen MR) is 104 cm³/mol. The number of hydrogen-bond donors (Lipinski definition) is 2. The lowest BCUT2D eigenvalue weighted by Gasteiger charge is -2.33. The molecule has 0 bridgehead atoms. The zero-order valence-corrected chi connectivity index (χ0v) is 15.4. The number of rotatable bonds is 5. The van der Waals surface area contributed by atoms with Gasteiger partial charge in [0.25, 0.3) is 0 Å². The predicted octanol–water partition coefficient (Wildman–Crippen LogP) is 3.26. The van der Waals surface area contributed by atoms with Crippen LogP contribution in [0.5, 0.6) is 0 Å². The van der Waals surface area contributed by atoms with Gasteiger partial charge in [-0.15, -0.1) is 11.3 Å². The molecular weight excluding hydrogens is 335 g/mol. The lowest BCUT2D eigenvalue weighted by Crippen LogP contribution is -2.49. The molecule has 0 spiro atoms. The van der Waals surface area contributed by atoms with Crippen molar-refractivity contribution >= 4 is 22.3 Å². The maximum atomic E-state index is 13.6. The molecule has 1 fully saturated rings. The number of halogens is 1. The Kier molecular flexibility index (Phi) is 6.28. The Morgan fingerprint density at radius 1 is 1.24 bits per heavy atom. The molecule has 1 aromatic heterocycles. The summed E-state index contributed by atoms with van der Waals surface area (Å²) < 4.78 is 13.6. The first-order chi connectivity index (χ1) is 12.3. The fraction of sp³-hybridized carbons (Fsp3) is 0.421. The molecule has 2 heterocycles. The first-order valence-electron chi connectivity index (χ1n) is 8.75. The molecule has 4 nitrogen and oxygen atoms in total. The van der Waals surface area contributed by atoms with E-state index in [1.165, 1.54) is 11.1 Å². The summed E-state index contributed by atoms with van der Waals surface area (Å²) in [6.07, 6.45) is 2.82. The van der Waals surface area contributed by atoms with Crippen LogP contribution in [0.25, 0.3) is 0 Å². The highest BCUT2D eigenvalue weighted by Gasteiger charge is 2.20. The van der Waals surface area contributed by atoms with Crippen molar-refractivity contribution in [3.8, 4) is 0 Å². The van der Waals surface area contributed by atoms with Gasteiger partial charge >= 0.3 is 0 Å². The van der Waals surface area contributed by atoms with Gasteiger partial charge in [0.15, 0.2) is 5.96 Å². The third-order valence-electron chi connectivity index (χ3n) is 4.52. The summed E-state index contributed by atoms with van der Waals surface area (Å²) in [5.74, 6) is 0.652. The van der Waals surface area contributed by atoms with Crippen molar-refractivity contribution in [2.24, 2.45) is 4.99 Å². The van der Waals surface area contributed by atoms with Crippen molar-refractivity contribution in [2.75, 3.05) is 31.6 Å². The van der Waals surface area contributed by atoms with Gasteiger partial charge in [-0.2, -0.15) is 0 Å². The Bertz CT molecular complexity index is 678. The van der Waals surface area contributed by atoms with Crippen molar-refractivity contribution in [3.63, 3.8) is 0 Å². The van der Waals surface area contributed by atoms with Crippen LogP contribution >= 0.6 is 11.3 Å². The Balaban J connectivity index is 1.41. The van der Waals surface area contributed by atoms with Crippen LogP contribution in [0.1, 0.15) is 18.4 Å².